The molecule has 5 nitrogen and oxygen atoms in total. The number of hydrogen-bond acceptors (Lipinski definition) is 5. The Balaban J connectivity index is 1.16. The van der Waals surface area contributed by atoms with E-state index in [0.29, 0.717) is 17.7 Å². The third kappa shape index (κ3) is 6.91. The molecule has 0 aromatic heterocycles. The van der Waals surface area contributed by atoms with E-state index < -0.39 is 0 Å². The van der Waals surface area contributed by atoms with E-state index >= 15 is 0 Å². The first-order chi connectivity index (χ1) is 15.4. The third-order valence-corrected chi connectivity index (χ3v) is 9.04. The van der Waals surface area contributed by atoms with Crippen molar-refractivity contribution in [2.45, 2.75) is 89.9 Å². The van der Waals surface area contributed by atoms with Crippen LogP contribution in [0.2, 0.25) is 0 Å². The summed E-state index contributed by atoms with van der Waals surface area (Å²) in [5, 5.41) is 0. The zero-order chi connectivity index (χ0) is 22.6. The first-order valence-electron chi connectivity index (χ1n) is 13.9. The molecule has 0 amide bonds. The van der Waals surface area contributed by atoms with Gasteiger partial charge >= 0.3 is 0 Å². The van der Waals surface area contributed by atoms with Crippen molar-refractivity contribution >= 4 is 0 Å². The van der Waals surface area contributed by atoms with Crippen molar-refractivity contribution in [3.05, 3.63) is 0 Å². The molecule has 1 saturated carbocycles. The lowest BCUT2D eigenvalue weighted by atomic mass is 9.86. The normalized spacial score (nSPS) is 34.7. The van der Waals surface area contributed by atoms with Gasteiger partial charge < -0.3 is 14.5 Å². The van der Waals surface area contributed by atoms with Crippen LogP contribution in [0.1, 0.15) is 72.1 Å². The monoisotopic (exact) mass is 448 g/mol. The summed E-state index contributed by atoms with van der Waals surface area (Å²) < 4.78 is 6.50. The van der Waals surface area contributed by atoms with Crippen molar-refractivity contribution in [3.63, 3.8) is 0 Å². The number of likely N-dealkylation sites (tertiary alicyclic amines) is 2. The molecule has 1 aliphatic carbocycles. The van der Waals surface area contributed by atoms with Crippen molar-refractivity contribution in [1.29, 1.82) is 0 Å². The second-order valence-corrected chi connectivity index (χ2v) is 12.2. The van der Waals surface area contributed by atoms with Crippen LogP contribution < -0.4 is 0 Å². The van der Waals surface area contributed by atoms with E-state index in [1.165, 1.54) is 117 Å². The highest BCUT2D eigenvalue weighted by molar-refractivity contribution is 4.93. The lowest BCUT2D eigenvalue weighted by molar-refractivity contribution is -0.0624. The predicted octanol–water partition coefficient (Wildman–Crippen LogP) is 3.78. The fourth-order valence-electron chi connectivity index (χ4n) is 6.89. The SMILES string of the molecule is CCN1CCCC(CN2CCN(CC3CCC(OC4CCN(C)CC4)CC3)CC2(C)C)C1. The van der Waals surface area contributed by atoms with E-state index in [1.54, 1.807) is 0 Å². The minimum absolute atomic E-state index is 0.307. The van der Waals surface area contributed by atoms with Gasteiger partial charge in [-0.15, -0.1) is 0 Å². The Hall–Kier alpha value is -0.200. The molecule has 5 heteroatoms. The summed E-state index contributed by atoms with van der Waals surface area (Å²) in [5.41, 5.74) is 0.307. The summed E-state index contributed by atoms with van der Waals surface area (Å²) in [5.74, 6) is 1.75. The molecular formula is C27H52N4O. The van der Waals surface area contributed by atoms with Gasteiger partial charge in [0.15, 0.2) is 0 Å². The van der Waals surface area contributed by atoms with Crippen LogP contribution in [-0.4, -0.2) is 110 Å². The Bertz CT molecular complexity index is 554. The second kappa shape index (κ2) is 11.5. The Morgan fingerprint density at radius 3 is 2.16 bits per heavy atom. The van der Waals surface area contributed by atoms with Gasteiger partial charge in [-0.2, -0.15) is 0 Å². The van der Waals surface area contributed by atoms with Crippen LogP contribution in [-0.2, 0) is 4.74 Å². The molecule has 1 atom stereocenters. The van der Waals surface area contributed by atoms with E-state index in [1.807, 2.05) is 0 Å². The largest absolute Gasteiger partial charge is 0.375 e. The molecule has 0 bridgehead atoms. The average molecular weight is 449 g/mol. The minimum Gasteiger partial charge on any atom is -0.375 e. The zero-order valence-corrected chi connectivity index (χ0v) is 21.7. The van der Waals surface area contributed by atoms with Gasteiger partial charge in [0.05, 0.1) is 12.2 Å². The van der Waals surface area contributed by atoms with E-state index in [-0.39, 0.29) is 0 Å². The van der Waals surface area contributed by atoms with E-state index in [9.17, 15) is 0 Å². The quantitative estimate of drug-likeness (QED) is 0.589. The molecule has 3 heterocycles. The Morgan fingerprint density at radius 2 is 1.47 bits per heavy atom. The van der Waals surface area contributed by atoms with Gasteiger partial charge in [-0.1, -0.05) is 6.92 Å². The minimum atomic E-state index is 0.307. The van der Waals surface area contributed by atoms with Gasteiger partial charge in [0, 0.05) is 57.9 Å². The lowest BCUT2D eigenvalue weighted by Crippen LogP contribution is -2.61. The number of nitrogens with zero attached hydrogens (tertiary/aromatic N) is 4. The maximum atomic E-state index is 6.50. The summed E-state index contributed by atoms with van der Waals surface area (Å²) in [4.78, 5) is 10.7. The highest BCUT2D eigenvalue weighted by Crippen LogP contribution is 2.31. The second-order valence-electron chi connectivity index (χ2n) is 12.2. The summed E-state index contributed by atoms with van der Waals surface area (Å²) in [6, 6.07) is 0. The van der Waals surface area contributed by atoms with Crippen molar-refractivity contribution in [3.8, 4) is 0 Å². The van der Waals surface area contributed by atoms with Crippen LogP contribution in [0, 0.1) is 11.8 Å². The maximum absolute atomic E-state index is 6.50. The Kier molecular flexibility index (Phi) is 8.94. The van der Waals surface area contributed by atoms with Crippen LogP contribution in [0.25, 0.3) is 0 Å². The summed E-state index contributed by atoms with van der Waals surface area (Å²) in [6.07, 6.45) is 11.6. The molecule has 4 aliphatic rings. The average Bonchev–Trinajstić information content (AvgIpc) is 2.78. The fraction of sp³-hybridized carbons (Fsp3) is 1.00. The number of ether oxygens (including phenoxy) is 1. The molecule has 186 valence electrons. The molecule has 0 aromatic carbocycles. The summed E-state index contributed by atoms with van der Waals surface area (Å²) in [7, 11) is 2.23. The summed E-state index contributed by atoms with van der Waals surface area (Å²) in [6.45, 7) is 19.9. The molecule has 32 heavy (non-hydrogen) atoms. The molecule has 3 saturated heterocycles. The van der Waals surface area contributed by atoms with Crippen molar-refractivity contribution in [2.24, 2.45) is 11.8 Å². The number of rotatable bonds is 7. The smallest absolute Gasteiger partial charge is 0.0603 e. The molecule has 0 N–H and O–H groups in total. The van der Waals surface area contributed by atoms with Crippen LogP contribution in [0.15, 0.2) is 0 Å². The molecule has 0 spiro atoms. The highest BCUT2D eigenvalue weighted by atomic mass is 16.5. The number of hydrogen-bond donors (Lipinski definition) is 0. The van der Waals surface area contributed by atoms with E-state index in [4.69, 9.17) is 4.74 Å². The standard InChI is InChI=1S/C27H52N4O/c1-5-29-14-6-7-24(20-29)21-31-18-17-30(22-27(31,2)3)19-23-8-10-25(11-9-23)32-26-12-15-28(4)16-13-26/h23-26H,5-22H2,1-4H3. The van der Waals surface area contributed by atoms with Crippen molar-refractivity contribution in [2.75, 3.05) is 72.5 Å². The van der Waals surface area contributed by atoms with Crippen LogP contribution >= 0.6 is 0 Å². The first kappa shape index (κ1) is 24.9. The highest BCUT2D eigenvalue weighted by Gasteiger charge is 2.36. The van der Waals surface area contributed by atoms with E-state index in [2.05, 4.69) is 47.4 Å². The van der Waals surface area contributed by atoms with Gasteiger partial charge in [-0.3, -0.25) is 9.80 Å². The van der Waals surface area contributed by atoms with Crippen molar-refractivity contribution < 1.29 is 4.74 Å². The Morgan fingerprint density at radius 1 is 0.750 bits per heavy atom. The van der Waals surface area contributed by atoms with Gasteiger partial charge in [0.2, 0.25) is 0 Å². The molecule has 0 aromatic rings. The van der Waals surface area contributed by atoms with Crippen LogP contribution in [0.3, 0.4) is 0 Å². The van der Waals surface area contributed by atoms with Gasteiger partial charge in [-0.05, 0) is 97.2 Å². The molecule has 4 fully saturated rings. The van der Waals surface area contributed by atoms with Gasteiger partial charge in [0.25, 0.3) is 0 Å². The molecule has 1 unspecified atom stereocenters. The topological polar surface area (TPSA) is 22.2 Å². The molecule has 4 rings (SSSR count). The Labute approximate surface area is 198 Å². The number of piperazine rings is 1. The van der Waals surface area contributed by atoms with Crippen molar-refractivity contribution in [1.82, 2.24) is 19.6 Å². The maximum Gasteiger partial charge on any atom is 0.0603 e. The fourth-order valence-corrected chi connectivity index (χ4v) is 6.89. The molecular weight excluding hydrogens is 396 g/mol. The van der Waals surface area contributed by atoms with Crippen LogP contribution in [0.4, 0.5) is 0 Å². The zero-order valence-electron chi connectivity index (χ0n) is 21.7. The van der Waals surface area contributed by atoms with Gasteiger partial charge in [-0.25, -0.2) is 0 Å². The van der Waals surface area contributed by atoms with Gasteiger partial charge in [0.1, 0.15) is 0 Å². The predicted molar refractivity (Wildman–Crippen MR) is 134 cm³/mol. The molecule has 3 aliphatic heterocycles. The number of piperidine rings is 2. The first-order valence-corrected chi connectivity index (χ1v) is 13.9. The third-order valence-electron chi connectivity index (χ3n) is 9.04. The van der Waals surface area contributed by atoms with E-state index in [0.717, 1.165) is 11.8 Å². The molecule has 0 radical (unpaired) electrons. The lowest BCUT2D eigenvalue weighted by Gasteiger charge is -2.50. The van der Waals surface area contributed by atoms with Crippen LogP contribution in [0.5, 0.6) is 0 Å². The summed E-state index contributed by atoms with van der Waals surface area (Å²) >= 11 is 0.